The van der Waals surface area contributed by atoms with Crippen LogP contribution in [0.25, 0.3) is 33.0 Å². The van der Waals surface area contributed by atoms with Crippen LogP contribution in [0.3, 0.4) is 0 Å². The van der Waals surface area contributed by atoms with Crippen molar-refractivity contribution in [1.29, 1.82) is 0 Å². The van der Waals surface area contributed by atoms with Crippen LogP contribution in [-0.2, 0) is 12.8 Å². The van der Waals surface area contributed by atoms with Crippen LogP contribution in [0.15, 0.2) is 60.7 Å². The average Bonchev–Trinajstić information content (AvgIpc) is 3.04. The molecule has 3 aromatic carbocycles. The Hall–Kier alpha value is -2.67. The van der Waals surface area contributed by atoms with E-state index in [4.69, 9.17) is 0 Å². The van der Waals surface area contributed by atoms with E-state index >= 15 is 0 Å². The third kappa shape index (κ3) is 2.09. The minimum Gasteiger partial charge on any atom is -0.251 e. The van der Waals surface area contributed by atoms with Gasteiger partial charge < -0.3 is 0 Å². The highest BCUT2D eigenvalue weighted by Gasteiger charge is 2.31. The molecule has 0 saturated heterocycles. The summed E-state index contributed by atoms with van der Waals surface area (Å²) in [6, 6.07) is 17.9. The van der Waals surface area contributed by atoms with Crippen molar-refractivity contribution in [2.75, 3.05) is 6.67 Å². The fraction of sp³-hybridized carbons (Fsp3) is 0.231. The summed E-state index contributed by atoms with van der Waals surface area (Å²) in [4.78, 5) is 0. The largest absolute Gasteiger partial charge is 0.251 e. The van der Waals surface area contributed by atoms with Crippen LogP contribution in [-0.4, -0.2) is 6.67 Å². The molecule has 27 heavy (non-hydrogen) atoms. The highest BCUT2D eigenvalue weighted by Crippen LogP contribution is 2.52. The predicted octanol–water partition coefficient (Wildman–Crippen LogP) is 6.77. The minimum absolute atomic E-state index is 0.236. The molecule has 3 aliphatic rings. The molecule has 0 N–H and O–H groups in total. The molecule has 0 spiro atoms. The Morgan fingerprint density at radius 3 is 2.74 bits per heavy atom. The summed E-state index contributed by atoms with van der Waals surface area (Å²) >= 11 is 0. The van der Waals surface area contributed by atoms with Gasteiger partial charge in [0.2, 0.25) is 0 Å². The Labute approximate surface area is 159 Å². The molecule has 1 atom stereocenters. The van der Waals surface area contributed by atoms with E-state index in [-0.39, 0.29) is 6.67 Å². The van der Waals surface area contributed by atoms with Crippen LogP contribution in [0.5, 0.6) is 0 Å². The molecule has 0 aromatic heterocycles. The first-order valence-corrected chi connectivity index (χ1v) is 10.00. The summed E-state index contributed by atoms with van der Waals surface area (Å²) in [5.74, 6) is 0.324. The third-order valence-electron chi connectivity index (χ3n) is 6.62. The lowest BCUT2D eigenvalue weighted by Gasteiger charge is -2.25. The van der Waals surface area contributed by atoms with Gasteiger partial charge >= 0.3 is 0 Å². The number of alkyl halides is 1. The Kier molecular flexibility index (Phi) is 3.23. The van der Waals surface area contributed by atoms with Crippen LogP contribution >= 0.6 is 0 Å². The maximum absolute atomic E-state index is 13.0. The van der Waals surface area contributed by atoms with Crippen LogP contribution in [0.4, 0.5) is 4.39 Å². The summed E-state index contributed by atoms with van der Waals surface area (Å²) in [5, 5.41) is 2.76. The molecule has 1 heteroatoms. The summed E-state index contributed by atoms with van der Waals surface area (Å²) in [6.45, 7) is -0.236. The van der Waals surface area contributed by atoms with Crippen LogP contribution < -0.4 is 0 Å². The van der Waals surface area contributed by atoms with E-state index < -0.39 is 0 Å². The van der Waals surface area contributed by atoms with Crippen molar-refractivity contribution in [3.05, 3.63) is 82.9 Å². The Balaban J connectivity index is 1.65. The van der Waals surface area contributed by atoms with E-state index in [1.807, 2.05) is 0 Å². The topological polar surface area (TPSA) is 0 Å². The van der Waals surface area contributed by atoms with Crippen LogP contribution in [0.1, 0.15) is 35.1 Å². The number of rotatable bonds is 2. The molecule has 0 nitrogen and oxygen atoms in total. The number of aryl methyl sites for hydroxylation is 1. The maximum Gasteiger partial charge on any atom is 0.0900 e. The zero-order valence-corrected chi connectivity index (χ0v) is 15.3. The van der Waals surface area contributed by atoms with Gasteiger partial charge in [-0.2, -0.15) is 0 Å². The Bertz CT molecular complexity index is 1160. The molecule has 0 saturated carbocycles. The van der Waals surface area contributed by atoms with Gasteiger partial charge in [-0.1, -0.05) is 54.6 Å². The molecular weight excluding hydrogens is 331 g/mol. The van der Waals surface area contributed by atoms with E-state index in [2.05, 4.69) is 60.7 Å². The highest BCUT2D eigenvalue weighted by atomic mass is 19.1. The number of benzene rings is 3. The quantitative estimate of drug-likeness (QED) is 0.478. The maximum atomic E-state index is 13.0. The van der Waals surface area contributed by atoms with E-state index in [0.29, 0.717) is 12.3 Å². The fourth-order valence-corrected chi connectivity index (χ4v) is 5.42. The van der Waals surface area contributed by atoms with Crippen molar-refractivity contribution in [1.82, 2.24) is 0 Å². The Morgan fingerprint density at radius 2 is 1.81 bits per heavy atom. The molecule has 0 aliphatic heterocycles. The van der Waals surface area contributed by atoms with Gasteiger partial charge in [0.1, 0.15) is 0 Å². The summed E-state index contributed by atoms with van der Waals surface area (Å²) in [7, 11) is 0. The second-order valence-electron chi connectivity index (χ2n) is 8.03. The van der Waals surface area contributed by atoms with Crippen molar-refractivity contribution in [2.45, 2.75) is 25.7 Å². The van der Waals surface area contributed by atoms with E-state index in [1.165, 1.54) is 55.3 Å². The summed E-state index contributed by atoms with van der Waals surface area (Å²) < 4.78 is 13.0. The molecule has 0 bridgehead atoms. The van der Waals surface area contributed by atoms with Gasteiger partial charge in [0.15, 0.2) is 0 Å². The second kappa shape index (κ2) is 5.66. The highest BCUT2D eigenvalue weighted by molar-refractivity contribution is 6.18. The lowest BCUT2D eigenvalue weighted by Crippen LogP contribution is -2.09. The number of hydrogen-bond donors (Lipinski definition) is 0. The molecular formula is C26H21F. The summed E-state index contributed by atoms with van der Waals surface area (Å²) in [5.41, 5.74) is 11.4. The Morgan fingerprint density at radius 1 is 0.926 bits per heavy atom. The molecule has 3 aromatic rings. The predicted molar refractivity (Wildman–Crippen MR) is 111 cm³/mol. The molecule has 6 rings (SSSR count). The van der Waals surface area contributed by atoms with E-state index in [1.54, 1.807) is 0 Å². The van der Waals surface area contributed by atoms with Gasteiger partial charge in [-0.05, 0) is 93.0 Å². The monoisotopic (exact) mass is 352 g/mol. The standard InChI is InChI=1S/C26H21F/c27-13-12-16-8-10-20-21-7-3-5-18-15-23-19-6-2-1-4-17(19)9-11-22(23)26(25(18)21)24(20)14-16/h1-8,10,15-16H,9,11-14H2. The molecule has 1 unspecified atom stereocenters. The normalized spacial score (nSPS) is 19.2. The second-order valence-corrected chi connectivity index (χ2v) is 8.03. The molecule has 0 fully saturated rings. The van der Waals surface area contributed by atoms with Crippen molar-refractivity contribution < 1.29 is 4.39 Å². The first-order chi connectivity index (χ1) is 13.3. The number of hydrogen-bond acceptors (Lipinski definition) is 0. The first-order valence-electron chi connectivity index (χ1n) is 10.00. The fourth-order valence-electron chi connectivity index (χ4n) is 5.42. The van der Waals surface area contributed by atoms with Gasteiger partial charge in [0.25, 0.3) is 0 Å². The van der Waals surface area contributed by atoms with Gasteiger partial charge in [0.05, 0.1) is 6.67 Å². The molecule has 132 valence electrons. The smallest absolute Gasteiger partial charge is 0.0900 e. The van der Waals surface area contributed by atoms with E-state index in [0.717, 1.165) is 19.3 Å². The molecule has 0 radical (unpaired) electrons. The van der Waals surface area contributed by atoms with Crippen LogP contribution in [0, 0.1) is 5.92 Å². The van der Waals surface area contributed by atoms with Crippen LogP contribution in [0.2, 0.25) is 0 Å². The van der Waals surface area contributed by atoms with Crippen molar-refractivity contribution in [3.63, 3.8) is 0 Å². The average molecular weight is 352 g/mol. The molecule has 0 heterocycles. The third-order valence-corrected chi connectivity index (χ3v) is 6.62. The number of allylic oxidation sites excluding steroid dienone is 4. The number of fused-ring (bicyclic) bond motifs is 6. The van der Waals surface area contributed by atoms with Gasteiger partial charge in [-0.25, -0.2) is 0 Å². The van der Waals surface area contributed by atoms with Crippen molar-refractivity contribution >= 4 is 21.9 Å². The number of halogens is 1. The van der Waals surface area contributed by atoms with Gasteiger partial charge in [0, 0.05) is 0 Å². The lowest BCUT2D eigenvalue weighted by molar-refractivity contribution is 0.427. The SMILES string of the molecule is FCCC1C=CC2=C(C1)c1c3c(cc4cccc2c14)-c1ccccc1CC3. The zero-order valence-electron chi connectivity index (χ0n) is 15.3. The van der Waals surface area contributed by atoms with Gasteiger partial charge in [-0.15, -0.1) is 0 Å². The summed E-state index contributed by atoms with van der Waals surface area (Å²) in [6.07, 6.45) is 8.29. The van der Waals surface area contributed by atoms with E-state index in [9.17, 15) is 4.39 Å². The molecule has 3 aliphatic carbocycles. The lowest BCUT2D eigenvalue weighted by atomic mass is 9.78. The van der Waals surface area contributed by atoms with Crippen molar-refractivity contribution in [3.8, 4) is 11.1 Å². The first kappa shape index (κ1) is 15.4. The zero-order chi connectivity index (χ0) is 18.0. The van der Waals surface area contributed by atoms with Crippen molar-refractivity contribution in [2.24, 2.45) is 5.92 Å². The minimum atomic E-state index is -0.236. The molecule has 0 amide bonds. The van der Waals surface area contributed by atoms with Gasteiger partial charge in [-0.3, -0.25) is 4.39 Å².